The van der Waals surface area contributed by atoms with Crippen molar-refractivity contribution >= 4 is 11.6 Å². The van der Waals surface area contributed by atoms with Crippen molar-refractivity contribution in [2.75, 3.05) is 13.7 Å². The Morgan fingerprint density at radius 3 is 2.55 bits per heavy atom. The normalized spacial score (nSPS) is 29.5. The Hall–Kier alpha value is -3.06. The summed E-state index contributed by atoms with van der Waals surface area (Å²) in [7, 11) is 1.38. The van der Waals surface area contributed by atoms with Crippen molar-refractivity contribution < 1.29 is 44.2 Å². The molecule has 42 heavy (non-hydrogen) atoms. The van der Waals surface area contributed by atoms with Gasteiger partial charge in [0.2, 0.25) is 5.78 Å². The van der Waals surface area contributed by atoms with E-state index in [9.17, 15) is 30.0 Å². The molecule has 1 heterocycles. The van der Waals surface area contributed by atoms with Crippen LogP contribution in [0.15, 0.2) is 18.2 Å². The molecule has 0 bridgehead atoms. The van der Waals surface area contributed by atoms with E-state index in [-0.39, 0.29) is 58.4 Å². The number of carbonyl (C=O) groups is 2. The van der Waals surface area contributed by atoms with E-state index in [4.69, 9.17) is 19.9 Å². The summed E-state index contributed by atoms with van der Waals surface area (Å²) in [4.78, 5) is 27.5. The van der Waals surface area contributed by atoms with Gasteiger partial charge in [-0.25, -0.2) is 0 Å². The molecule has 1 fully saturated rings. The first-order valence-electron chi connectivity index (χ1n) is 14.5. The van der Waals surface area contributed by atoms with Crippen LogP contribution in [-0.2, 0) is 15.9 Å². The number of nitrogens with one attached hydrogen (secondary N) is 1. The Morgan fingerprint density at radius 2 is 1.88 bits per heavy atom. The highest BCUT2D eigenvalue weighted by atomic mass is 16.7. The van der Waals surface area contributed by atoms with E-state index in [1.807, 2.05) is 6.92 Å². The number of ether oxygens (including phenoxy) is 3. The maximum atomic E-state index is 13.8. The molecule has 0 unspecified atom stereocenters. The number of carbonyl (C=O) groups excluding carboxylic acids is 2. The van der Waals surface area contributed by atoms with Crippen LogP contribution in [0.25, 0.3) is 0 Å². The molecule has 7 atom stereocenters. The van der Waals surface area contributed by atoms with Crippen molar-refractivity contribution in [1.82, 2.24) is 5.32 Å². The molecule has 0 saturated carbocycles. The van der Waals surface area contributed by atoms with E-state index >= 15 is 0 Å². The monoisotopic (exact) mass is 584 g/mol. The lowest BCUT2D eigenvalue weighted by molar-refractivity contribution is -0.248. The van der Waals surface area contributed by atoms with Crippen LogP contribution in [0.5, 0.6) is 17.2 Å². The Bertz CT molecular complexity index is 1380. The third kappa shape index (κ3) is 4.97. The first kappa shape index (κ1) is 30.4. The SMILES string of the molecule is CCCCN[C@H](C)[C@@]1(O)Cc2c(O)c3c(c(O)c2[C@H](O[C@@H]2C[C@H](N)[C@H](O)[C@H](C)O2)C1)C(=O)c1c(OC)cccc1C3=O. The van der Waals surface area contributed by atoms with Gasteiger partial charge < -0.3 is 45.7 Å². The maximum absolute atomic E-state index is 13.8. The largest absolute Gasteiger partial charge is 0.507 e. The van der Waals surface area contributed by atoms with Crippen molar-refractivity contribution in [3.63, 3.8) is 0 Å². The lowest BCUT2D eigenvalue weighted by atomic mass is 9.71. The van der Waals surface area contributed by atoms with Gasteiger partial charge in [-0.15, -0.1) is 0 Å². The van der Waals surface area contributed by atoms with Crippen LogP contribution in [0.3, 0.4) is 0 Å². The first-order valence-corrected chi connectivity index (χ1v) is 14.5. The van der Waals surface area contributed by atoms with E-state index in [0.717, 1.165) is 12.8 Å². The lowest BCUT2D eigenvalue weighted by Crippen LogP contribution is -2.55. The van der Waals surface area contributed by atoms with Gasteiger partial charge in [-0.2, -0.15) is 0 Å². The number of unbranched alkanes of at least 4 members (excludes halogenated alkanes) is 1. The van der Waals surface area contributed by atoms with E-state index < -0.39 is 65.4 Å². The molecule has 2 aromatic carbocycles. The molecule has 3 aliphatic rings. The molecule has 2 aliphatic carbocycles. The molecule has 11 heteroatoms. The topological polar surface area (TPSA) is 181 Å². The van der Waals surface area contributed by atoms with Crippen molar-refractivity contribution in [1.29, 1.82) is 0 Å². The lowest BCUT2D eigenvalue weighted by Gasteiger charge is -2.45. The summed E-state index contributed by atoms with van der Waals surface area (Å²) >= 11 is 0. The van der Waals surface area contributed by atoms with E-state index in [2.05, 4.69) is 12.2 Å². The Balaban J connectivity index is 1.64. The quantitative estimate of drug-likeness (QED) is 0.169. The summed E-state index contributed by atoms with van der Waals surface area (Å²) in [5.41, 5.74) is 4.27. The van der Waals surface area contributed by atoms with Gasteiger partial charge in [0.25, 0.3) is 0 Å². The highest BCUT2D eigenvalue weighted by Crippen LogP contribution is 2.53. The zero-order valence-corrected chi connectivity index (χ0v) is 24.3. The van der Waals surface area contributed by atoms with Crippen LogP contribution >= 0.6 is 0 Å². The molecule has 11 nitrogen and oxygen atoms in total. The van der Waals surface area contributed by atoms with E-state index in [1.165, 1.54) is 13.2 Å². The maximum Gasteiger partial charge on any atom is 0.202 e. The number of phenolic OH excluding ortho intramolecular Hbond substituents is 2. The van der Waals surface area contributed by atoms with Crippen molar-refractivity contribution in [3.8, 4) is 17.2 Å². The smallest absolute Gasteiger partial charge is 0.202 e. The van der Waals surface area contributed by atoms with Gasteiger partial charge in [-0.1, -0.05) is 25.5 Å². The molecule has 7 N–H and O–H groups in total. The van der Waals surface area contributed by atoms with Crippen LogP contribution in [0.4, 0.5) is 0 Å². The summed E-state index contributed by atoms with van der Waals surface area (Å²) in [6.07, 6.45) is -1.62. The van der Waals surface area contributed by atoms with Crippen LogP contribution < -0.4 is 15.8 Å². The summed E-state index contributed by atoms with van der Waals surface area (Å²) < 4.78 is 17.5. The Labute approximate surface area is 244 Å². The van der Waals surface area contributed by atoms with Crippen LogP contribution in [0, 0.1) is 0 Å². The highest BCUT2D eigenvalue weighted by molar-refractivity contribution is 6.31. The zero-order chi connectivity index (χ0) is 30.5. The fraction of sp³-hybridized carbons (Fsp3) is 0.548. The van der Waals surface area contributed by atoms with Crippen molar-refractivity contribution in [2.24, 2.45) is 5.73 Å². The average Bonchev–Trinajstić information content (AvgIpc) is 2.95. The number of aromatic hydroxyl groups is 2. The number of methoxy groups -OCH3 is 1. The predicted octanol–water partition coefficient (Wildman–Crippen LogP) is 2.22. The average molecular weight is 585 g/mol. The Kier molecular flexibility index (Phi) is 8.36. The molecule has 2 aromatic rings. The standard InChI is InChI=1S/C31H40N2O9/c1-5-6-10-33-15(3)31(39)12-17-23(20(13-31)42-21-11-18(32)26(34)14(2)41-21)30(38)25-24(28(17)36)27(35)16-8-7-9-19(40-4)22(16)29(25)37/h7-9,14-15,18,20-21,26,33-34,36,38-39H,5-6,10-13,32H2,1-4H3/t14-,15+,18-,20+,21+,26+,31+/m0/s1. The molecule has 5 rings (SSSR count). The van der Waals surface area contributed by atoms with Crippen LogP contribution in [0.1, 0.15) is 95.5 Å². The van der Waals surface area contributed by atoms with Crippen molar-refractivity contribution in [2.45, 2.75) is 95.2 Å². The second-order valence-corrected chi connectivity index (χ2v) is 11.7. The van der Waals surface area contributed by atoms with Gasteiger partial charge >= 0.3 is 0 Å². The van der Waals surface area contributed by atoms with E-state index in [1.54, 1.807) is 19.1 Å². The number of rotatable bonds is 8. The number of aliphatic hydroxyl groups excluding tert-OH is 1. The third-order valence-electron chi connectivity index (χ3n) is 8.96. The summed E-state index contributed by atoms with van der Waals surface area (Å²) in [5.74, 6) is -2.13. The van der Waals surface area contributed by atoms with Gasteiger partial charge in [-0.3, -0.25) is 9.59 Å². The summed E-state index contributed by atoms with van der Waals surface area (Å²) in [6, 6.07) is 3.49. The molecule has 0 amide bonds. The van der Waals surface area contributed by atoms with Gasteiger partial charge in [0.15, 0.2) is 12.1 Å². The molecular formula is C31H40N2O9. The van der Waals surface area contributed by atoms with Crippen LogP contribution in [-0.4, -0.2) is 81.8 Å². The number of benzene rings is 2. The fourth-order valence-electron chi connectivity index (χ4n) is 6.43. The number of aliphatic hydroxyl groups is 2. The molecule has 0 aromatic heterocycles. The summed E-state index contributed by atoms with van der Waals surface area (Å²) in [5, 5.41) is 48.9. The third-order valence-corrected chi connectivity index (χ3v) is 8.96. The summed E-state index contributed by atoms with van der Waals surface area (Å²) in [6.45, 7) is 6.21. The minimum Gasteiger partial charge on any atom is -0.507 e. The second-order valence-electron chi connectivity index (χ2n) is 11.7. The number of nitrogens with two attached hydrogens (primary N) is 1. The molecular weight excluding hydrogens is 544 g/mol. The molecule has 228 valence electrons. The Morgan fingerprint density at radius 1 is 1.17 bits per heavy atom. The highest BCUT2D eigenvalue weighted by Gasteiger charge is 2.49. The number of fused-ring (bicyclic) bond motifs is 3. The molecule has 1 saturated heterocycles. The number of hydrogen-bond donors (Lipinski definition) is 6. The van der Waals surface area contributed by atoms with Crippen LogP contribution in [0.2, 0.25) is 0 Å². The minimum absolute atomic E-state index is 0.00456. The number of phenols is 2. The van der Waals surface area contributed by atoms with Gasteiger partial charge in [-0.05, 0) is 32.9 Å². The zero-order valence-electron chi connectivity index (χ0n) is 24.3. The van der Waals surface area contributed by atoms with E-state index in [0.29, 0.717) is 6.54 Å². The van der Waals surface area contributed by atoms with Crippen molar-refractivity contribution in [3.05, 3.63) is 51.6 Å². The molecule has 0 spiro atoms. The number of ketones is 2. The predicted molar refractivity (Wildman–Crippen MR) is 152 cm³/mol. The molecule has 1 aliphatic heterocycles. The van der Waals surface area contributed by atoms with Gasteiger partial charge in [0, 0.05) is 48.0 Å². The fourth-order valence-corrected chi connectivity index (χ4v) is 6.43. The molecule has 0 radical (unpaired) electrons. The van der Waals surface area contributed by atoms with Gasteiger partial charge in [0.05, 0.1) is 47.7 Å². The first-order chi connectivity index (χ1) is 19.9. The number of hydrogen-bond acceptors (Lipinski definition) is 11. The van der Waals surface area contributed by atoms with Gasteiger partial charge in [0.1, 0.15) is 17.2 Å². The minimum atomic E-state index is -1.46. The second kappa shape index (κ2) is 11.6.